The number of carboxylic acid groups (broad SMARTS) is 2. The molecule has 0 aliphatic heterocycles. The standard InChI is InChI=1S/C15H26O5/c1-2-13(16)9-7-5-3-4-6-8-12(15(19)20)10-11-14(17)18/h10,13,16H,2-9,11H2,1H3,(H,17,18)(H,19,20)/b12-10-. The van der Waals surface area contributed by atoms with Crippen LogP contribution >= 0.6 is 0 Å². The number of hydrogen-bond donors (Lipinski definition) is 3. The maximum Gasteiger partial charge on any atom is 0.331 e. The fourth-order valence-corrected chi connectivity index (χ4v) is 1.94. The van der Waals surface area contributed by atoms with Crippen LogP contribution in [0.5, 0.6) is 0 Å². The normalized spacial score (nSPS) is 13.2. The first kappa shape index (κ1) is 18.6. The van der Waals surface area contributed by atoms with E-state index in [-0.39, 0.29) is 18.1 Å². The van der Waals surface area contributed by atoms with E-state index in [0.717, 1.165) is 44.9 Å². The number of unbranched alkanes of at least 4 members (excludes halogenated alkanes) is 4. The molecule has 3 N–H and O–H groups in total. The van der Waals surface area contributed by atoms with Crippen LogP contribution in [0.3, 0.4) is 0 Å². The van der Waals surface area contributed by atoms with Gasteiger partial charge in [-0.2, -0.15) is 0 Å². The molecule has 0 radical (unpaired) electrons. The van der Waals surface area contributed by atoms with Gasteiger partial charge in [0.2, 0.25) is 0 Å². The molecule has 0 aromatic carbocycles. The molecule has 1 atom stereocenters. The molecule has 0 rings (SSSR count). The molecule has 0 bridgehead atoms. The number of carboxylic acids is 2. The van der Waals surface area contributed by atoms with Crippen LogP contribution in [0.1, 0.15) is 64.7 Å². The molecule has 0 aliphatic rings. The van der Waals surface area contributed by atoms with Crippen molar-refractivity contribution in [3.05, 3.63) is 11.6 Å². The maximum absolute atomic E-state index is 10.9. The van der Waals surface area contributed by atoms with Crippen molar-refractivity contribution in [2.45, 2.75) is 70.8 Å². The molecule has 5 heteroatoms. The van der Waals surface area contributed by atoms with Gasteiger partial charge in [0, 0.05) is 5.57 Å². The van der Waals surface area contributed by atoms with Crippen molar-refractivity contribution in [1.29, 1.82) is 0 Å². The molecule has 0 aromatic heterocycles. The van der Waals surface area contributed by atoms with Crippen LogP contribution in [0.2, 0.25) is 0 Å². The molecular weight excluding hydrogens is 260 g/mol. The first-order valence-electron chi connectivity index (χ1n) is 7.29. The fourth-order valence-electron chi connectivity index (χ4n) is 1.94. The van der Waals surface area contributed by atoms with Gasteiger partial charge in [-0.3, -0.25) is 4.79 Å². The predicted molar refractivity (Wildman–Crippen MR) is 76.6 cm³/mol. The summed E-state index contributed by atoms with van der Waals surface area (Å²) in [4.78, 5) is 21.3. The highest BCUT2D eigenvalue weighted by molar-refractivity contribution is 5.87. The Labute approximate surface area is 120 Å². The number of aliphatic carboxylic acids is 2. The van der Waals surface area contributed by atoms with Crippen molar-refractivity contribution in [3.8, 4) is 0 Å². The Morgan fingerprint density at radius 1 is 1.05 bits per heavy atom. The Morgan fingerprint density at radius 3 is 2.20 bits per heavy atom. The smallest absolute Gasteiger partial charge is 0.331 e. The molecular formula is C15H26O5. The summed E-state index contributed by atoms with van der Waals surface area (Å²) >= 11 is 0. The lowest BCUT2D eigenvalue weighted by Gasteiger charge is -2.07. The zero-order chi connectivity index (χ0) is 15.4. The van der Waals surface area contributed by atoms with Crippen molar-refractivity contribution in [1.82, 2.24) is 0 Å². The zero-order valence-electron chi connectivity index (χ0n) is 12.2. The van der Waals surface area contributed by atoms with E-state index in [9.17, 15) is 14.7 Å². The lowest BCUT2D eigenvalue weighted by atomic mass is 10.0. The van der Waals surface area contributed by atoms with Gasteiger partial charge in [0.1, 0.15) is 0 Å². The topological polar surface area (TPSA) is 94.8 Å². The van der Waals surface area contributed by atoms with Gasteiger partial charge in [0.05, 0.1) is 12.5 Å². The molecule has 0 spiro atoms. The molecule has 20 heavy (non-hydrogen) atoms. The highest BCUT2D eigenvalue weighted by Gasteiger charge is 2.07. The molecule has 5 nitrogen and oxygen atoms in total. The van der Waals surface area contributed by atoms with Gasteiger partial charge < -0.3 is 15.3 Å². The average Bonchev–Trinajstić information content (AvgIpc) is 2.39. The lowest BCUT2D eigenvalue weighted by Crippen LogP contribution is -2.03. The molecule has 0 amide bonds. The van der Waals surface area contributed by atoms with Crippen LogP contribution in [0.4, 0.5) is 0 Å². The number of aliphatic hydroxyl groups excluding tert-OH is 1. The minimum absolute atomic E-state index is 0.189. The summed E-state index contributed by atoms with van der Waals surface area (Å²) in [5.41, 5.74) is 0.189. The van der Waals surface area contributed by atoms with Crippen molar-refractivity contribution in [2.75, 3.05) is 0 Å². The van der Waals surface area contributed by atoms with E-state index >= 15 is 0 Å². The summed E-state index contributed by atoms with van der Waals surface area (Å²) in [5, 5.41) is 26.8. The van der Waals surface area contributed by atoms with Crippen LogP contribution in [0.25, 0.3) is 0 Å². The Morgan fingerprint density at radius 2 is 1.65 bits per heavy atom. The maximum atomic E-state index is 10.9. The number of carbonyl (C=O) groups is 2. The van der Waals surface area contributed by atoms with E-state index in [4.69, 9.17) is 10.2 Å². The highest BCUT2D eigenvalue weighted by Crippen LogP contribution is 2.13. The summed E-state index contributed by atoms with van der Waals surface area (Å²) in [7, 11) is 0. The highest BCUT2D eigenvalue weighted by atomic mass is 16.4. The van der Waals surface area contributed by atoms with Gasteiger partial charge in [-0.25, -0.2) is 4.79 Å². The Balaban J connectivity index is 3.72. The molecule has 0 fully saturated rings. The third-order valence-electron chi connectivity index (χ3n) is 3.25. The second-order valence-corrected chi connectivity index (χ2v) is 5.00. The molecule has 0 aliphatic carbocycles. The van der Waals surface area contributed by atoms with Gasteiger partial charge in [-0.1, -0.05) is 38.7 Å². The van der Waals surface area contributed by atoms with Crippen LogP contribution in [-0.4, -0.2) is 33.4 Å². The Bertz CT molecular complexity index is 322. The predicted octanol–water partition coefficient (Wildman–Crippen LogP) is 2.97. The van der Waals surface area contributed by atoms with Crippen molar-refractivity contribution < 1.29 is 24.9 Å². The second kappa shape index (κ2) is 11.5. The van der Waals surface area contributed by atoms with E-state index < -0.39 is 11.9 Å². The Hall–Kier alpha value is -1.36. The van der Waals surface area contributed by atoms with Crippen LogP contribution in [-0.2, 0) is 9.59 Å². The van der Waals surface area contributed by atoms with Crippen molar-refractivity contribution in [3.63, 3.8) is 0 Å². The minimum Gasteiger partial charge on any atom is -0.481 e. The van der Waals surface area contributed by atoms with Gasteiger partial charge in [-0.15, -0.1) is 0 Å². The first-order chi connectivity index (χ1) is 9.47. The van der Waals surface area contributed by atoms with Crippen LogP contribution in [0.15, 0.2) is 11.6 Å². The third kappa shape index (κ3) is 10.6. The summed E-state index contributed by atoms with van der Waals surface area (Å²) < 4.78 is 0. The first-order valence-corrected chi connectivity index (χ1v) is 7.29. The van der Waals surface area contributed by atoms with Crippen LogP contribution in [0, 0.1) is 0 Å². The average molecular weight is 286 g/mol. The van der Waals surface area contributed by atoms with E-state index in [0.29, 0.717) is 6.42 Å². The summed E-state index contributed by atoms with van der Waals surface area (Å²) in [6.45, 7) is 1.96. The minimum atomic E-state index is -1.03. The summed E-state index contributed by atoms with van der Waals surface area (Å²) in [6, 6.07) is 0. The monoisotopic (exact) mass is 286 g/mol. The lowest BCUT2D eigenvalue weighted by molar-refractivity contribution is -0.136. The number of hydrogen-bond acceptors (Lipinski definition) is 3. The molecule has 0 heterocycles. The van der Waals surface area contributed by atoms with Crippen molar-refractivity contribution in [2.24, 2.45) is 0 Å². The Kier molecular flexibility index (Phi) is 10.7. The van der Waals surface area contributed by atoms with Crippen LogP contribution < -0.4 is 0 Å². The molecule has 0 saturated carbocycles. The largest absolute Gasteiger partial charge is 0.481 e. The quantitative estimate of drug-likeness (QED) is 0.379. The molecule has 116 valence electrons. The van der Waals surface area contributed by atoms with E-state index in [2.05, 4.69) is 0 Å². The number of rotatable bonds is 12. The van der Waals surface area contributed by atoms with Gasteiger partial charge in [0.25, 0.3) is 0 Å². The summed E-state index contributed by atoms with van der Waals surface area (Å²) in [6.07, 6.45) is 7.61. The van der Waals surface area contributed by atoms with Gasteiger partial charge >= 0.3 is 11.9 Å². The zero-order valence-corrected chi connectivity index (χ0v) is 12.2. The fraction of sp³-hybridized carbons (Fsp3) is 0.733. The third-order valence-corrected chi connectivity index (χ3v) is 3.25. The van der Waals surface area contributed by atoms with E-state index in [1.807, 2.05) is 6.92 Å². The molecule has 1 unspecified atom stereocenters. The summed E-state index contributed by atoms with van der Waals surface area (Å²) in [5.74, 6) is -2.05. The second-order valence-electron chi connectivity index (χ2n) is 5.00. The van der Waals surface area contributed by atoms with Gasteiger partial charge in [0.15, 0.2) is 0 Å². The van der Waals surface area contributed by atoms with Crippen molar-refractivity contribution >= 4 is 11.9 Å². The van der Waals surface area contributed by atoms with E-state index in [1.165, 1.54) is 6.08 Å². The van der Waals surface area contributed by atoms with E-state index in [1.54, 1.807) is 0 Å². The molecule has 0 saturated heterocycles. The van der Waals surface area contributed by atoms with Gasteiger partial charge in [-0.05, 0) is 25.7 Å². The molecule has 0 aromatic rings. The number of aliphatic hydroxyl groups is 1. The SMILES string of the molecule is CCC(O)CCCCCCC/C(=C/CC(=O)O)C(=O)O.